The summed E-state index contributed by atoms with van der Waals surface area (Å²) < 4.78 is 1.60. The highest BCUT2D eigenvalue weighted by Gasteiger charge is 2.05. The standard InChI is InChI=1S/C13H13NO2/c1-9-8-10(15)6-7-11(9)12-4-3-5-13(16)14(12)2/h3-8,15H,1-2H3. The molecule has 0 aliphatic heterocycles. The fraction of sp³-hybridized carbons (Fsp3) is 0.154. The van der Waals surface area contributed by atoms with Gasteiger partial charge in [-0.3, -0.25) is 4.79 Å². The Bertz CT molecular complexity index is 585. The van der Waals surface area contributed by atoms with Crippen molar-refractivity contribution in [3.05, 3.63) is 52.3 Å². The average molecular weight is 215 g/mol. The molecule has 0 amide bonds. The molecule has 0 spiro atoms. The number of aryl methyl sites for hydroxylation is 1. The number of pyridine rings is 1. The van der Waals surface area contributed by atoms with E-state index in [1.807, 2.05) is 19.1 Å². The van der Waals surface area contributed by atoms with Crippen LogP contribution in [0.5, 0.6) is 5.75 Å². The molecule has 0 saturated heterocycles. The van der Waals surface area contributed by atoms with Gasteiger partial charge in [0, 0.05) is 18.7 Å². The first-order chi connectivity index (χ1) is 7.59. The van der Waals surface area contributed by atoms with Gasteiger partial charge >= 0.3 is 0 Å². The van der Waals surface area contributed by atoms with Gasteiger partial charge in [0.25, 0.3) is 5.56 Å². The lowest BCUT2D eigenvalue weighted by atomic mass is 10.0. The predicted octanol–water partition coefficient (Wildman–Crippen LogP) is 2.07. The lowest BCUT2D eigenvalue weighted by molar-refractivity contribution is 0.475. The molecular formula is C13H13NO2. The minimum Gasteiger partial charge on any atom is -0.508 e. The van der Waals surface area contributed by atoms with Crippen LogP contribution in [0.25, 0.3) is 11.3 Å². The van der Waals surface area contributed by atoms with E-state index in [0.29, 0.717) is 0 Å². The quantitative estimate of drug-likeness (QED) is 0.791. The Morgan fingerprint density at radius 3 is 2.62 bits per heavy atom. The second-order valence-electron chi connectivity index (χ2n) is 3.81. The van der Waals surface area contributed by atoms with Crippen LogP contribution in [0.15, 0.2) is 41.2 Å². The van der Waals surface area contributed by atoms with Crippen molar-refractivity contribution >= 4 is 0 Å². The third kappa shape index (κ3) is 1.72. The molecule has 0 atom stereocenters. The molecule has 82 valence electrons. The Hall–Kier alpha value is -2.03. The first-order valence-corrected chi connectivity index (χ1v) is 5.05. The van der Waals surface area contributed by atoms with Crippen molar-refractivity contribution in [2.45, 2.75) is 6.92 Å². The van der Waals surface area contributed by atoms with Gasteiger partial charge in [-0.1, -0.05) is 6.07 Å². The van der Waals surface area contributed by atoms with Gasteiger partial charge < -0.3 is 9.67 Å². The van der Waals surface area contributed by atoms with Gasteiger partial charge in [-0.25, -0.2) is 0 Å². The van der Waals surface area contributed by atoms with Gasteiger partial charge in [0.15, 0.2) is 0 Å². The van der Waals surface area contributed by atoms with Crippen LogP contribution in [0.3, 0.4) is 0 Å². The molecule has 2 aromatic rings. The highest BCUT2D eigenvalue weighted by molar-refractivity contribution is 5.64. The lowest BCUT2D eigenvalue weighted by Gasteiger charge is -2.10. The Balaban J connectivity index is 2.68. The summed E-state index contributed by atoms with van der Waals surface area (Å²) >= 11 is 0. The summed E-state index contributed by atoms with van der Waals surface area (Å²) in [5.74, 6) is 0.238. The van der Waals surface area contributed by atoms with Crippen LogP contribution in [0.4, 0.5) is 0 Å². The zero-order valence-corrected chi connectivity index (χ0v) is 9.27. The number of phenols is 1. The Morgan fingerprint density at radius 2 is 1.94 bits per heavy atom. The summed E-state index contributed by atoms with van der Waals surface area (Å²) in [6.45, 7) is 1.91. The minimum atomic E-state index is -0.0371. The van der Waals surface area contributed by atoms with Crippen molar-refractivity contribution in [3.63, 3.8) is 0 Å². The van der Waals surface area contributed by atoms with Crippen LogP contribution in [0, 0.1) is 6.92 Å². The molecule has 16 heavy (non-hydrogen) atoms. The molecule has 3 heteroatoms. The van der Waals surface area contributed by atoms with E-state index in [9.17, 15) is 9.90 Å². The van der Waals surface area contributed by atoms with Crippen LogP contribution < -0.4 is 5.56 Å². The monoisotopic (exact) mass is 215 g/mol. The predicted molar refractivity (Wildman–Crippen MR) is 63.5 cm³/mol. The number of rotatable bonds is 1. The van der Waals surface area contributed by atoms with Crippen LogP contribution in [-0.4, -0.2) is 9.67 Å². The van der Waals surface area contributed by atoms with Crippen molar-refractivity contribution in [1.82, 2.24) is 4.57 Å². The van der Waals surface area contributed by atoms with Crippen molar-refractivity contribution in [1.29, 1.82) is 0 Å². The van der Waals surface area contributed by atoms with E-state index in [4.69, 9.17) is 0 Å². The van der Waals surface area contributed by atoms with E-state index in [0.717, 1.165) is 16.8 Å². The summed E-state index contributed by atoms with van der Waals surface area (Å²) in [5.41, 5.74) is 2.72. The molecular weight excluding hydrogens is 202 g/mol. The molecule has 0 aliphatic rings. The molecule has 0 unspecified atom stereocenters. The fourth-order valence-electron chi connectivity index (χ4n) is 1.77. The van der Waals surface area contributed by atoms with Crippen molar-refractivity contribution in [2.24, 2.45) is 7.05 Å². The van der Waals surface area contributed by atoms with Gasteiger partial charge in [0.2, 0.25) is 0 Å². The lowest BCUT2D eigenvalue weighted by Crippen LogP contribution is -2.16. The van der Waals surface area contributed by atoms with Crippen LogP contribution in [0.2, 0.25) is 0 Å². The summed E-state index contributed by atoms with van der Waals surface area (Å²) in [7, 11) is 1.74. The van der Waals surface area contributed by atoms with Gasteiger partial charge in [-0.15, -0.1) is 0 Å². The molecule has 2 rings (SSSR count). The third-order valence-corrected chi connectivity index (χ3v) is 2.67. The highest BCUT2D eigenvalue weighted by Crippen LogP contribution is 2.24. The molecule has 0 aliphatic carbocycles. The van der Waals surface area contributed by atoms with Gasteiger partial charge in [-0.2, -0.15) is 0 Å². The first-order valence-electron chi connectivity index (χ1n) is 5.05. The van der Waals surface area contributed by atoms with Crippen molar-refractivity contribution in [3.8, 4) is 17.0 Å². The largest absolute Gasteiger partial charge is 0.508 e. The average Bonchev–Trinajstić information content (AvgIpc) is 2.23. The number of benzene rings is 1. The van der Waals surface area contributed by atoms with E-state index in [2.05, 4.69) is 0 Å². The fourth-order valence-corrected chi connectivity index (χ4v) is 1.77. The zero-order chi connectivity index (χ0) is 11.7. The molecule has 0 saturated carbocycles. The number of hydrogen-bond acceptors (Lipinski definition) is 2. The Morgan fingerprint density at radius 1 is 1.19 bits per heavy atom. The normalized spacial score (nSPS) is 10.4. The van der Waals surface area contributed by atoms with E-state index < -0.39 is 0 Å². The number of aromatic nitrogens is 1. The van der Waals surface area contributed by atoms with Crippen LogP contribution in [-0.2, 0) is 7.05 Å². The second-order valence-corrected chi connectivity index (χ2v) is 3.81. The molecule has 3 nitrogen and oxygen atoms in total. The molecule has 1 aromatic carbocycles. The zero-order valence-electron chi connectivity index (χ0n) is 9.27. The molecule has 1 N–H and O–H groups in total. The summed E-state index contributed by atoms with van der Waals surface area (Å²) in [4.78, 5) is 11.5. The molecule has 0 fully saturated rings. The van der Waals surface area contributed by atoms with E-state index in [-0.39, 0.29) is 11.3 Å². The summed E-state index contributed by atoms with van der Waals surface area (Å²) in [6, 6.07) is 10.3. The highest BCUT2D eigenvalue weighted by atomic mass is 16.3. The van der Waals surface area contributed by atoms with Crippen molar-refractivity contribution in [2.75, 3.05) is 0 Å². The van der Waals surface area contributed by atoms with Gasteiger partial charge in [0.05, 0.1) is 5.69 Å². The maximum Gasteiger partial charge on any atom is 0.250 e. The van der Waals surface area contributed by atoms with Gasteiger partial charge in [-0.05, 0) is 36.8 Å². The molecule has 1 aromatic heterocycles. The van der Waals surface area contributed by atoms with Crippen LogP contribution in [0.1, 0.15) is 5.56 Å². The van der Waals surface area contributed by atoms with E-state index in [1.165, 1.54) is 6.07 Å². The van der Waals surface area contributed by atoms with Crippen molar-refractivity contribution < 1.29 is 5.11 Å². The summed E-state index contributed by atoms with van der Waals surface area (Å²) in [6.07, 6.45) is 0. The number of phenolic OH excluding ortho intramolecular Hbond substituents is 1. The Kier molecular flexibility index (Phi) is 2.52. The number of aromatic hydroxyl groups is 1. The summed E-state index contributed by atoms with van der Waals surface area (Å²) in [5, 5.41) is 9.34. The molecule has 0 bridgehead atoms. The topological polar surface area (TPSA) is 42.2 Å². The number of hydrogen-bond donors (Lipinski definition) is 1. The smallest absolute Gasteiger partial charge is 0.250 e. The van der Waals surface area contributed by atoms with E-state index >= 15 is 0 Å². The van der Waals surface area contributed by atoms with Crippen LogP contribution >= 0.6 is 0 Å². The first kappa shape index (κ1) is 10.5. The molecule has 1 heterocycles. The second kappa shape index (κ2) is 3.85. The minimum absolute atomic E-state index is 0.0371. The number of nitrogens with zero attached hydrogens (tertiary/aromatic N) is 1. The SMILES string of the molecule is Cc1cc(O)ccc1-c1cccc(=O)n1C. The molecule has 0 radical (unpaired) electrons. The van der Waals surface area contributed by atoms with Gasteiger partial charge in [0.1, 0.15) is 5.75 Å². The third-order valence-electron chi connectivity index (χ3n) is 2.67. The van der Waals surface area contributed by atoms with E-state index in [1.54, 1.807) is 29.8 Å². The Labute approximate surface area is 93.6 Å². The maximum absolute atomic E-state index is 11.5. The maximum atomic E-state index is 11.5.